The van der Waals surface area contributed by atoms with Gasteiger partial charge in [0.25, 0.3) is 5.91 Å². The molecule has 0 spiro atoms. The predicted molar refractivity (Wildman–Crippen MR) is 93.8 cm³/mol. The highest BCUT2D eigenvalue weighted by molar-refractivity contribution is 5.94. The second-order valence-electron chi connectivity index (χ2n) is 5.80. The van der Waals surface area contributed by atoms with E-state index in [2.05, 4.69) is 6.92 Å². The van der Waals surface area contributed by atoms with Crippen LogP contribution in [0.5, 0.6) is 0 Å². The Hall–Kier alpha value is -1.59. The number of carbonyl (C=O) groups excluding carboxylic acids is 2. The van der Waals surface area contributed by atoms with Crippen molar-refractivity contribution in [3.05, 3.63) is 35.4 Å². The molecule has 0 saturated carbocycles. The highest BCUT2D eigenvalue weighted by Gasteiger charge is 2.26. The Morgan fingerprint density at radius 2 is 1.61 bits per heavy atom. The fraction of sp³-hybridized carbons (Fsp3) is 0.529. The number of aryl methyl sites for hydroxylation is 1. The standard InChI is InChI=1S/C17H25N3O2.ClH/c1-3-14-4-6-15(7-5-14)17(22)20-10-8-19(9-11-20)16(21)13(2)12-18;/h4-7,13H,3,8-12,18H2,1-2H3;1H. The molecule has 1 saturated heterocycles. The molecule has 0 bridgehead atoms. The molecule has 1 fully saturated rings. The topological polar surface area (TPSA) is 66.6 Å². The SMILES string of the molecule is CCc1ccc(C(=O)N2CCN(C(=O)C(C)CN)CC2)cc1.Cl. The molecule has 23 heavy (non-hydrogen) atoms. The van der Waals surface area contributed by atoms with Gasteiger partial charge in [-0.15, -0.1) is 12.4 Å². The van der Waals surface area contributed by atoms with Gasteiger partial charge in [0.05, 0.1) is 0 Å². The summed E-state index contributed by atoms with van der Waals surface area (Å²) in [7, 11) is 0. The van der Waals surface area contributed by atoms with Gasteiger partial charge in [0.1, 0.15) is 0 Å². The minimum Gasteiger partial charge on any atom is -0.339 e. The molecule has 1 atom stereocenters. The van der Waals surface area contributed by atoms with E-state index in [0.717, 1.165) is 6.42 Å². The van der Waals surface area contributed by atoms with Gasteiger partial charge in [-0.25, -0.2) is 0 Å². The number of nitrogens with zero attached hydrogens (tertiary/aromatic N) is 2. The van der Waals surface area contributed by atoms with Crippen LogP contribution in [0.2, 0.25) is 0 Å². The summed E-state index contributed by atoms with van der Waals surface area (Å²) in [5.41, 5.74) is 7.48. The largest absolute Gasteiger partial charge is 0.339 e. The third-order valence-electron chi connectivity index (χ3n) is 4.26. The molecule has 2 N–H and O–H groups in total. The fourth-order valence-electron chi connectivity index (χ4n) is 2.61. The maximum Gasteiger partial charge on any atom is 0.253 e. The van der Waals surface area contributed by atoms with Gasteiger partial charge in [-0.2, -0.15) is 0 Å². The van der Waals surface area contributed by atoms with Crippen molar-refractivity contribution in [2.24, 2.45) is 11.7 Å². The molecular weight excluding hydrogens is 314 g/mol. The highest BCUT2D eigenvalue weighted by Crippen LogP contribution is 2.12. The lowest BCUT2D eigenvalue weighted by Crippen LogP contribution is -2.52. The molecule has 128 valence electrons. The van der Waals surface area contributed by atoms with Crippen molar-refractivity contribution in [3.63, 3.8) is 0 Å². The molecule has 1 aliphatic heterocycles. The Labute approximate surface area is 144 Å². The van der Waals surface area contributed by atoms with Crippen molar-refractivity contribution >= 4 is 24.2 Å². The zero-order valence-electron chi connectivity index (χ0n) is 13.8. The van der Waals surface area contributed by atoms with E-state index in [1.165, 1.54) is 5.56 Å². The minimum absolute atomic E-state index is 0. The van der Waals surface area contributed by atoms with Crippen molar-refractivity contribution in [2.75, 3.05) is 32.7 Å². The lowest BCUT2D eigenvalue weighted by Gasteiger charge is -2.36. The van der Waals surface area contributed by atoms with E-state index >= 15 is 0 Å². The van der Waals surface area contributed by atoms with Gasteiger partial charge < -0.3 is 15.5 Å². The number of carbonyl (C=O) groups is 2. The molecule has 1 aliphatic rings. The smallest absolute Gasteiger partial charge is 0.253 e. The molecule has 2 amide bonds. The molecular formula is C17H26ClN3O2. The molecule has 2 rings (SSSR count). The molecule has 0 aromatic heterocycles. The average Bonchev–Trinajstić information content (AvgIpc) is 2.60. The molecule has 1 aromatic rings. The van der Waals surface area contributed by atoms with Crippen LogP contribution in [0.4, 0.5) is 0 Å². The number of rotatable bonds is 4. The van der Waals surface area contributed by atoms with Crippen LogP contribution >= 0.6 is 12.4 Å². The number of halogens is 1. The lowest BCUT2D eigenvalue weighted by molar-refractivity contribution is -0.136. The number of piperazine rings is 1. The van der Waals surface area contributed by atoms with Crippen LogP contribution in [0.15, 0.2) is 24.3 Å². The summed E-state index contributed by atoms with van der Waals surface area (Å²) in [5.74, 6) is -0.0210. The summed E-state index contributed by atoms with van der Waals surface area (Å²) in [6.07, 6.45) is 0.967. The first kappa shape index (κ1) is 19.5. The van der Waals surface area contributed by atoms with E-state index in [1.54, 1.807) is 0 Å². The molecule has 1 aromatic carbocycles. The Morgan fingerprint density at radius 3 is 2.09 bits per heavy atom. The number of amides is 2. The zero-order valence-corrected chi connectivity index (χ0v) is 14.6. The van der Waals surface area contributed by atoms with Crippen LogP contribution in [0.1, 0.15) is 29.8 Å². The van der Waals surface area contributed by atoms with Gasteiger partial charge in [-0.05, 0) is 24.1 Å². The van der Waals surface area contributed by atoms with E-state index in [0.29, 0.717) is 38.3 Å². The van der Waals surface area contributed by atoms with Gasteiger partial charge in [-0.1, -0.05) is 26.0 Å². The van der Waals surface area contributed by atoms with Crippen LogP contribution in [0.3, 0.4) is 0 Å². The summed E-state index contributed by atoms with van der Waals surface area (Å²) in [6.45, 7) is 6.63. The van der Waals surface area contributed by atoms with Crippen molar-refractivity contribution in [1.29, 1.82) is 0 Å². The van der Waals surface area contributed by atoms with E-state index in [1.807, 2.05) is 41.0 Å². The second-order valence-corrected chi connectivity index (χ2v) is 5.80. The number of hydrogen-bond acceptors (Lipinski definition) is 3. The monoisotopic (exact) mass is 339 g/mol. The van der Waals surface area contributed by atoms with Gasteiger partial charge in [0.2, 0.25) is 5.91 Å². The molecule has 0 aliphatic carbocycles. The van der Waals surface area contributed by atoms with Crippen molar-refractivity contribution < 1.29 is 9.59 Å². The van der Waals surface area contributed by atoms with Gasteiger partial charge in [0, 0.05) is 44.2 Å². The van der Waals surface area contributed by atoms with Crippen LogP contribution in [-0.2, 0) is 11.2 Å². The first-order valence-electron chi connectivity index (χ1n) is 7.93. The third kappa shape index (κ3) is 4.69. The normalized spacial score (nSPS) is 15.8. The number of hydrogen-bond donors (Lipinski definition) is 1. The Bertz CT molecular complexity index is 525. The van der Waals surface area contributed by atoms with Crippen molar-refractivity contribution in [2.45, 2.75) is 20.3 Å². The number of nitrogens with two attached hydrogens (primary N) is 1. The van der Waals surface area contributed by atoms with Crippen LogP contribution < -0.4 is 5.73 Å². The van der Waals surface area contributed by atoms with Crippen LogP contribution in [0, 0.1) is 5.92 Å². The van der Waals surface area contributed by atoms with Crippen LogP contribution in [-0.4, -0.2) is 54.3 Å². The highest BCUT2D eigenvalue weighted by atomic mass is 35.5. The average molecular weight is 340 g/mol. The quantitative estimate of drug-likeness (QED) is 0.905. The van der Waals surface area contributed by atoms with Gasteiger partial charge >= 0.3 is 0 Å². The molecule has 0 radical (unpaired) electrons. The molecule has 5 nitrogen and oxygen atoms in total. The predicted octanol–water partition coefficient (Wildman–Crippen LogP) is 1.55. The summed E-state index contributed by atoms with van der Waals surface area (Å²) in [5, 5.41) is 0. The Kier molecular flexibility index (Phi) is 7.52. The van der Waals surface area contributed by atoms with Crippen molar-refractivity contribution in [1.82, 2.24) is 9.80 Å². The van der Waals surface area contributed by atoms with Gasteiger partial charge in [-0.3, -0.25) is 9.59 Å². The first-order valence-corrected chi connectivity index (χ1v) is 7.93. The second kappa shape index (κ2) is 8.89. The fourth-order valence-corrected chi connectivity index (χ4v) is 2.61. The third-order valence-corrected chi connectivity index (χ3v) is 4.26. The summed E-state index contributed by atoms with van der Waals surface area (Å²) in [4.78, 5) is 28.2. The van der Waals surface area contributed by atoms with Gasteiger partial charge in [0.15, 0.2) is 0 Å². The molecule has 1 heterocycles. The number of benzene rings is 1. The van der Waals surface area contributed by atoms with Crippen molar-refractivity contribution in [3.8, 4) is 0 Å². The van der Waals surface area contributed by atoms with E-state index in [-0.39, 0.29) is 30.1 Å². The Balaban J connectivity index is 0.00000264. The zero-order chi connectivity index (χ0) is 16.1. The van der Waals surface area contributed by atoms with E-state index in [9.17, 15) is 9.59 Å². The lowest BCUT2D eigenvalue weighted by atomic mass is 10.1. The summed E-state index contributed by atoms with van der Waals surface area (Å²) >= 11 is 0. The molecule has 1 unspecified atom stereocenters. The first-order chi connectivity index (χ1) is 10.6. The minimum atomic E-state index is -0.149. The molecule has 6 heteroatoms. The Morgan fingerprint density at radius 1 is 1.09 bits per heavy atom. The van der Waals surface area contributed by atoms with E-state index < -0.39 is 0 Å². The maximum atomic E-state index is 12.5. The van der Waals surface area contributed by atoms with Crippen LogP contribution in [0.25, 0.3) is 0 Å². The van der Waals surface area contributed by atoms with E-state index in [4.69, 9.17) is 5.73 Å². The summed E-state index contributed by atoms with van der Waals surface area (Å²) in [6, 6.07) is 7.76. The maximum absolute atomic E-state index is 12.5. The summed E-state index contributed by atoms with van der Waals surface area (Å²) < 4.78 is 0.